The first-order chi connectivity index (χ1) is 13.7. The normalized spacial score (nSPS) is 10.0. The molecule has 0 unspecified atom stereocenters. The molecule has 2 aromatic carbocycles. The number of aromatic nitrogens is 2. The van der Waals surface area contributed by atoms with Crippen molar-refractivity contribution in [3.63, 3.8) is 0 Å². The van der Waals surface area contributed by atoms with E-state index in [2.05, 4.69) is 26.1 Å². The van der Waals surface area contributed by atoms with Crippen molar-refractivity contribution in [2.75, 3.05) is 30.2 Å². The van der Waals surface area contributed by atoms with E-state index in [4.69, 9.17) is 15.2 Å². The summed E-state index contributed by atoms with van der Waals surface area (Å²) in [6.45, 7) is -0.156. The van der Waals surface area contributed by atoms with Crippen LogP contribution >= 0.6 is 0 Å². The highest BCUT2D eigenvalue weighted by molar-refractivity contribution is 5.82. The number of nitrogens with two attached hydrogens (primary N) is 1. The number of hydrogen-bond donors (Lipinski definition) is 4. The van der Waals surface area contributed by atoms with E-state index in [1.54, 1.807) is 25.3 Å². The second kappa shape index (κ2) is 9.08. The van der Waals surface area contributed by atoms with Crippen molar-refractivity contribution < 1.29 is 14.3 Å². The van der Waals surface area contributed by atoms with Gasteiger partial charge in [0.15, 0.2) is 18.2 Å². The van der Waals surface area contributed by atoms with Crippen molar-refractivity contribution in [1.82, 2.24) is 15.4 Å². The lowest BCUT2D eigenvalue weighted by molar-refractivity contribution is -0.122. The van der Waals surface area contributed by atoms with Crippen LogP contribution in [0.5, 0.6) is 11.5 Å². The maximum Gasteiger partial charge on any atom is 0.276 e. The van der Waals surface area contributed by atoms with Crippen molar-refractivity contribution in [3.05, 3.63) is 60.9 Å². The number of para-hydroxylation sites is 1. The fourth-order valence-corrected chi connectivity index (χ4v) is 2.26. The Labute approximate surface area is 161 Å². The zero-order valence-corrected chi connectivity index (χ0v) is 15.2. The van der Waals surface area contributed by atoms with E-state index in [1.807, 2.05) is 36.4 Å². The number of benzene rings is 2. The molecule has 0 aliphatic rings. The maximum atomic E-state index is 11.9. The smallest absolute Gasteiger partial charge is 0.276 e. The Bertz CT molecular complexity index is 936. The van der Waals surface area contributed by atoms with Crippen molar-refractivity contribution in [2.45, 2.75) is 0 Å². The Hall–Kier alpha value is -4.01. The topological polar surface area (TPSA) is 123 Å². The van der Waals surface area contributed by atoms with Crippen LogP contribution in [0.4, 0.5) is 23.0 Å². The lowest BCUT2D eigenvalue weighted by Gasteiger charge is -2.13. The van der Waals surface area contributed by atoms with Gasteiger partial charge in [0.2, 0.25) is 0 Å². The van der Waals surface area contributed by atoms with Crippen LogP contribution in [0.1, 0.15) is 0 Å². The van der Waals surface area contributed by atoms with E-state index < -0.39 is 0 Å². The Morgan fingerprint density at radius 1 is 1.04 bits per heavy atom. The number of carbonyl (C=O) groups is 1. The lowest BCUT2D eigenvalue weighted by atomic mass is 10.3. The molecule has 5 N–H and O–H groups in total. The molecule has 0 spiro atoms. The number of rotatable bonds is 8. The van der Waals surface area contributed by atoms with Gasteiger partial charge in [0.05, 0.1) is 7.11 Å². The summed E-state index contributed by atoms with van der Waals surface area (Å²) in [5.74, 6) is 1.56. The predicted octanol–water partition coefficient (Wildman–Crippen LogP) is 2.33. The molecule has 0 fully saturated rings. The number of ether oxygens (including phenoxy) is 2. The van der Waals surface area contributed by atoms with Crippen LogP contribution in [0.3, 0.4) is 0 Å². The van der Waals surface area contributed by atoms with Gasteiger partial charge in [-0.15, -0.1) is 0 Å². The molecule has 0 radical (unpaired) electrons. The molecule has 3 aromatic rings. The predicted molar refractivity (Wildman–Crippen MR) is 106 cm³/mol. The van der Waals surface area contributed by atoms with Crippen LogP contribution in [0.2, 0.25) is 0 Å². The van der Waals surface area contributed by atoms with Gasteiger partial charge >= 0.3 is 0 Å². The number of anilines is 4. The maximum absolute atomic E-state index is 11.9. The molecule has 9 nitrogen and oxygen atoms in total. The molecular weight excluding hydrogens is 360 g/mol. The van der Waals surface area contributed by atoms with Gasteiger partial charge in [-0.2, -0.15) is 0 Å². The summed E-state index contributed by atoms with van der Waals surface area (Å²) in [4.78, 5) is 20.1. The van der Waals surface area contributed by atoms with Gasteiger partial charge in [0.1, 0.15) is 23.5 Å². The molecular formula is C19H20N6O3. The summed E-state index contributed by atoms with van der Waals surface area (Å²) in [6.07, 6.45) is 1.33. The van der Waals surface area contributed by atoms with E-state index >= 15 is 0 Å². The third kappa shape index (κ3) is 5.01. The second-order valence-corrected chi connectivity index (χ2v) is 5.62. The highest BCUT2D eigenvalue weighted by Crippen LogP contribution is 2.26. The number of hydrogen-bond acceptors (Lipinski definition) is 8. The summed E-state index contributed by atoms with van der Waals surface area (Å²) in [5, 5.41) is 3.09. The van der Waals surface area contributed by atoms with Gasteiger partial charge in [-0.3, -0.25) is 15.6 Å². The number of nitrogen functional groups attached to an aromatic ring is 1. The summed E-state index contributed by atoms with van der Waals surface area (Å²) in [5.41, 5.74) is 12.2. The Balaban J connectivity index is 1.58. The first-order valence-corrected chi connectivity index (χ1v) is 8.40. The van der Waals surface area contributed by atoms with Crippen LogP contribution in [0.25, 0.3) is 0 Å². The number of amides is 1. The van der Waals surface area contributed by atoms with Gasteiger partial charge in [-0.1, -0.05) is 24.3 Å². The van der Waals surface area contributed by atoms with Crippen molar-refractivity contribution in [3.8, 4) is 11.5 Å². The molecule has 1 amide bonds. The largest absolute Gasteiger partial charge is 0.497 e. The minimum absolute atomic E-state index is 0.156. The number of hydrazine groups is 1. The van der Waals surface area contributed by atoms with Crippen LogP contribution in [-0.4, -0.2) is 29.6 Å². The summed E-state index contributed by atoms with van der Waals surface area (Å²) < 4.78 is 10.6. The number of nitrogens with one attached hydrogen (secondary N) is 3. The van der Waals surface area contributed by atoms with Gasteiger partial charge < -0.3 is 20.5 Å². The van der Waals surface area contributed by atoms with Gasteiger partial charge in [0, 0.05) is 11.8 Å². The number of carbonyl (C=O) groups excluding carboxylic acids is 1. The zero-order chi connectivity index (χ0) is 19.8. The second-order valence-electron chi connectivity index (χ2n) is 5.62. The molecule has 1 aromatic heterocycles. The van der Waals surface area contributed by atoms with Crippen LogP contribution < -0.4 is 31.4 Å². The third-order valence-corrected chi connectivity index (χ3v) is 3.65. The minimum Gasteiger partial charge on any atom is -0.497 e. The van der Waals surface area contributed by atoms with E-state index in [1.165, 1.54) is 6.33 Å². The molecule has 0 aliphatic carbocycles. The van der Waals surface area contributed by atoms with E-state index in [9.17, 15) is 4.79 Å². The molecule has 144 valence electrons. The average Bonchev–Trinajstić information content (AvgIpc) is 2.74. The van der Waals surface area contributed by atoms with Crippen LogP contribution in [0, 0.1) is 0 Å². The summed E-state index contributed by atoms with van der Waals surface area (Å²) in [6, 6.07) is 16.4. The molecule has 3 rings (SSSR count). The molecule has 9 heteroatoms. The molecule has 0 saturated heterocycles. The zero-order valence-electron chi connectivity index (χ0n) is 15.2. The molecule has 28 heavy (non-hydrogen) atoms. The van der Waals surface area contributed by atoms with Crippen molar-refractivity contribution in [1.29, 1.82) is 0 Å². The Morgan fingerprint density at radius 3 is 2.57 bits per heavy atom. The van der Waals surface area contributed by atoms with Gasteiger partial charge in [-0.25, -0.2) is 9.97 Å². The van der Waals surface area contributed by atoms with Crippen molar-refractivity contribution in [2.24, 2.45) is 0 Å². The SMILES string of the molecule is COc1cccc(Nc2ncnc(NNC(=O)COc3ccccc3)c2N)c1. The fourth-order valence-electron chi connectivity index (χ4n) is 2.26. The monoisotopic (exact) mass is 380 g/mol. The number of methoxy groups -OCH3 is 1. The number of nitrogens with zero attached hydrogens (tertiary/aromatic N) is 2. The van der Waals surface area contributed by atoms with Crippen LogP contribution in [-0.2, 0) is 4.79 Å². The standard InChI is InChI=1S/C19H20N6O3/c1-27-15-9-5-6-13(10-15)23-18-17(20)19(22-12-21-18)25-24-16(26)11-28-14-7-3-2-4-8-14/h2-10,12H,11,20H2,1H3,(H,24,26)(H2,21,22,23,25). The van der Waals surface area contributed by atoms with E-state index in [0.717, 1.165) is 5.69 Å². The van der Waals surface area contributed by atoms with E-state index in [0.29, 0.717) is 17.3 Å². The lowest BCUT2D eigenvalue weighted by Crippen LogP contribution is -2.34. The molecule has 0 bridgehead atoms. The fraction of sp³-hybridized carbons (Fsp3) is 0.105. The summed E-state index contributed by atoms with van der Waals surface area (Å²) >= 11 is 0. The average molecular weight is 380 g/mol. The molecule has 0 aliphatic heterocycles. The Morgan fingerprint density at radius 2 is 1.79 bits per heavy atom. The molecule has 0 saturated carbocycles. The first-order valence-electron chi connectivity index (χ1n) is 8.40. The Kier molecular flexibility index (Phi) is 6.09. The van der Waals surface area contributed by atoms with Gasteiger partial charge in [0.25, 0.3) is 5.91 Å². The van der Waals surface area contributed by atoms with Gasteiger partial charge in [-0.05, 0) is 24.3 Å². The summed E-state index contributed by atoms with van der Waals surface area (Å²) in [7, 11) is 1.59. The minimum atomic E-state index is -0.385. The first kappa shape index (κ1) is 18.8. The van der Waals surface area contributed by atoms with E-state index in [-0.39, 0.29) is 24.0 Å². The van der Waals surface area contributed by atoms with Crippen LogP contribution in [0.15, 0.2) is 60.9 Å². The highest BCUT2D eigenvalue weighted by Gasteiger charge is 2.10. The highest BCUT2D eigenvalue weighted by atomic mass is 16.5. The molecule has 0 atom stereocenters. The molecule has 1 heterocycles. The van der Waals surface area contributed by atoms with Crippen molar-refractivity contribution >= 4 is 28.9 Å². The quantitative estimate of drug-likeness (QED) is 0.439. The third-order valence-electron chi connectivity index (χ3n) is 3.65.